The summed E-state index contributed by atoms with van der Waals surface area (Å²) in [6, 6.07) is 7.22. The van der Waals surface area contributed by atoms with Crippen LogP contribution in [0.15, 0.2) is 47.3 Å². The largest absolute Gasteiger partial charge is 0.489 e. The van der Waals surface area contributed by atoms with Crippen molar-refractivity contribution in [2.45, 2.75) is 25.4 Å². The smallest absolute Gasteiger partial charge is 0.289 e. The molecule has 2 saturated heterocycles. The van der Waals surface area contributed by atoms with Crippen molar-refractivity contribution in [1.29, 1.82) is 0 Å². The second-order valence-electron chi connectivity index (χ2n) is 6.91. The molecule has 6 heteroatoms. The van der Waals surface area contributed by atoms with Crippen LogP contribution in [0.2, 0.25) is 0 Å². The summed E-state index contributed by atoms with van der Waals surface area (Å²) in [6.45, 7) is 2.79. The van der Waals surface area contributed by atoms with Crippen LogP contribution in [0.5, 0.6) is 5.75 Å². The van der Waals surface area contributed by atoms with E-state index in [0.29, 0.717) is 12.4 Å². The van der Waals surface area contributed by atoms with Crippen LogP contribution in [0.1, 0.15) is 29.8 Å². The number of piperidine rings is 1. The molecule has 0 bridgehead atoms. The normalized spacial score (nSPS) is 22.2. The number of pyridine rings is 1. The van der Waals surface area contributed by atoms with Crippen molar-refractivity contribution in [2.75, 3.05) is 26.3 Å². The third-order valence-corrected chi connectivity index (χ3v) is 5.20. The molecule has 4 heterocycles. The zero-order valence-electron chi connectivity index (χ0n) is 14.1. The summed E-state index contributed by atoms with van der Waals surface area (Å²) in [4.78, 5) is 18.3. The quantitative estimate of drug-likeness (QED) is 0.855. The Hall–Kier alpha value is -2.34. The van der Waals surface area contributed by atoms with Gasteiger partial charge >= 0.3 is 0 Å². The number of hydrogen-bond donors (Lipinski definition) is 0. The Morgan fingerprint density at radius 1 is 1.32 bits per heavy atom. The molecular weight excluding hydrogens is 320 g/mol. The predicted molar refractivity (Wildman–Crippen MR) is 90.4 cm³/mol. The summed E-state index contributed by atoms with van der Waals surface area (Å²) in [7, 11) is 0. The van der Waals surface area contributed by atoms with E-state index >= 15 is 0 Å². The number of furan rings is 1. The van der Waals surface area contributed by atoms with E-state index in [0.717, 1.165) is 44.7 Å². The highest BCUT2D eigenvalue weighted by atomic mass is 16.5. The SMILES string of the molecule is O=C(c1ccco1)N1CCC2(CC1)COC(COc1cccnc1)C2. The maximum absolute atomic E-state index is 12.4. The molecule has 0 aliphatic carbocycles. The van der Waals surface area contributed by atoms with Gasteiger partial charge in [0.1, 0.15) is 12.4 Å². The Morgan fingerprint density at radius 3 is 2.92 bits per heavy atom. The van der Waals surface area contributed by atoms with E-state index in [1.165, 1.54) is 6.26 Å². The molecule has 2 aromatic heterocycles. The standard InChI is InChI=1S/C19H22N2O4/c22-18(17-4-2-10-23-17)21-8-5-19(6-9-21)11-16(25-14-19)13-24-15-3-1-7-20-12-15/h1-4,7,10,12,16H,5-6,8-9,11,13-14H2. The first-order valence-electron chi connectivity index (χ1n) is 8.71. The van der Waals surface area contributed by atoms with Gasteiger partial charge in [-0.3, -0.25) is 9.78 Å². The van der Waals surface area contributed by atoms with Gasteiger partial charge in [0.2, 0.25) is 0 Å². The van der Waals surface area contributed by atoms with Crippen LogP contribution in [0.25, 0.3) is 0 Å². The number of likely N-dealkylation sites (tertiary alicyclic amines) is 1. The third-order valence-electron chi connectivity index (χ3n) is 5.20. The van der Waals surface area contributed by atoms with E-state index in [1.54, 1.807) is 24.5 Å². The second-order valence-corrected chi connectivity index (χ2v) is 6.91. The van der Waals surface area contributed by atoms with E-state index in [2.05, 4.69) is 4.98 Å². The molecule has 2 aliphatic rings. The molecule has 0 aromatic carbocycles. The van der Waals surface area contributed by atoms with Gasteiger partial charge in [0.05, 0.1) is 25.2 Å². The molecule has 0 N–H and O–H groups in total. The van der Waals surface area contributed by atoms with Crippen LogP contribution >= 0.6 is 0 Å². The summed E-state index contributed by atoms with van der Waals surface area (Å²) in [5.74, 6) is 1.17. The highest BCUT2D eigenvalue weighted by Gasteiger charge is 2.43. The van der Waals surface area contributed by atoms with Gasteiger partial charge < -0.3 is 18.8 Å². The van der Waals surface area contributed by atoms with Gasteiger partial charge in [-0.05, 0) is 48.9 Å². The molecule has 132 valence electrons. The number of ether oxygens (including phenoxy) is 2. The monoisotopic (exact) mass is 342 g/mol. The lowest BCUT2D eigenvalue weighted by Crippen LogP contribution is -2.43. The van der Waals surface area contributed by atoms with Gasteiger partial charge in [-0.1, -0.05) is 0 Å². The molecule has 0 radical (unpaired) electrons. The van der Waals surface area contributed by atoms with Crippen LogP contribution in [0.3, 0.4) is 0 Å². The summed E-state index contributed by atoms with van der Waals surface area (Å²) < 4.78 is 17.0. The van der Waals surface area contributed by atoms with Crippen LogP contribution < -0.4 is 4.74 Å². The molecular formula is C19H22N2O4. The minimum Gasteiger partial charge on any atom is -0.489 e. The number of aromatic nitrogens is 1. The van der Waals surface area contributed by atoms with Gasteiger partial charge in [0.25, 0.3) is 5.91 Å². The Balaban J connectivity index is 1.28. The van der Waals surface area contributed by atoms with Crippen LogP contribution in [0.4, 0.5) is 0 Å². The number of nitrogens with zero attached hydrogens (tertiary/aromatic N) is 2. The van der Waals surface area contributed by atoms with Crippen molar-refractivity contribution >= 4 is 5.91 Å². The molecule has 2 aliphatic heterocycles. The molecule has 2 fully saturated rings. The fourth-order valence-corrected chi connectivity index (χ4v) is 3.71. The summed E-state index contributed by atoms with van der Waals surface area (Å²) in [5, 5.41) is 0. The fourth-order valence-electron chi connectivity index (χ4n) is 3.71. The Morgan fingerprint density at radius 2 is 2.20 bits per heavy atom. The van der Waals surface area contributed by atoms with Gasteiger partial charge in [-0.15, -0.1) is 0 Å². The van der Waals surface area contributed by atoms with Crippen molar-refractivity contribution in [1.82, 2.24) is 9.88 Å². The zero-order chi connectivity index (χ0) is 17.1. The molecule has 2 aromatic rings. The van der Waals surface area contributed by atoms with E-state index in [1.807, 2.05) is 17.0 Å². The van der Waals surface area contributed by atoms with Crippen LogP contribution in [0, 0.1) is 5.41 Å². The first-order chi connectivity index (χ1) is 12.2. The van der Waals surface area contributed by atoms with E-state index in [-0.39, 0.29) is 17.4 Å². The summed E-state index contributed by atoms with van der Waals surface area (Å²) in [5.41, 5.74) is 0.170. The Labute approximate surface area is 146 Å². The lowest BCUT2D eigenvalue weighted by atomic mass is 9.76. The Bertz CT molecular complexity index is 693. The average molecular weight is 342 g/mol. The van der Waals surface area contributed by atoms with Gasteiger partial charge in [0.15, 0.2) is 5.76 Å². The topological polar surface area (TPSA) is 64.8 Å². The molecule has 1 atom stereocenters. The predicted octanol–water partition coefficient (Wildman–Crippen LogP) is 2.76. The summed E-state index contributed by atoms with van der Waals surface area (Å²) >= 11 is 0. The van der Waals surface area contributed by atoms with E-state index in [9.17, 15) is 4.79 Å². The maximum Gasteiger partial charge on any atom is 0.289 e. The van der Waals surface area contributed by atoms with Crippen LogP contribution in [-0.4, -0.2) is 48.2 Å². The molecule has 25 heavy (non-hydrogen) atoms. The minimum atomic E-state index is -0.0183. The third kappa shape index (κ3) is 3.54. The minimum absolute atomic E-state index is 0.0183. The average Bonchev–Trinajstić information content (AvgIpc) is 3.32. The molecule has 4 rings (SSSR count). The lowest BCUT2D eigenvalue weighted by Gasteiger charge is -2.38. The molecule has 6 nitrogen and oxygen atoms in total. The molecule has 0 saturated carbocycles. The van der Waals surface area contributed by atoms with Crippen molar-refractivity contribution < 1.29 is 18.7 Å². The first kappa shape index (κ1) is 16.1. The highest BCUT2D eigenvalue weighted by Crippen LogP contribution is 2.42. The van der Waals surface area contributed by atoms with E-state index in [4.69, 9.17) is 13.9 Å². The number of carbonyl (C=O) groups excluding carboxylic acids is 1. The van der Waals surface area contributed by atoms with Crippen molar-refractivity contribution in [3.8, 4) is 5.75 Å². The van der Waals surface area contributed by atoms with Gasteiger partial charge in [0, 0.05) is 19.3 Å². The first-order valence-corrected chi connectivity index (χ1v) is 8.71. The van der Waals surface area contributed by atoms with Crippen molar-refractivity contribution in [2.24, 2.45) is 5.41 Å². The van der Waals surface area contributed by atoms with Gasteiger partial charge in [-0.25, -0.2) is 0 Å². The van der Waals surface area contributed by atoms with Gasteiger partial charge in [-0.2, -0.15) is 0 Å². The molecule has 1 amide bonds. The maximum atomic E-state index is 12.4. The highest BCUT2D eigenvalue weighted by molar-refractivity contribution is 5.91. The molecule has 1 unspecified atom stereocenters. The zero-order valence-corrected chi connectivity index (χ0v) is 14.1. The lowest BCUT2D eigenvalue weighted by molar-refractivity contribution is 0.0414. The fraction of sp³-hybridized carbons (Fsp3) is 0.474. The van der Waals surface area contributed by atoms with Crippen molar-refractivity contribution in [3.63, 3.8) is 0 Å². The number of amides is 1. The van der Waals surface area contributed by atoms with E-state index < -0.39 is 0 Å². The Kier molecular flexibility index (Phi) is 4.44. The van der Waals surface area contributed by atoms with Crippen LogP contribution in [-0.2, 0) is 4.74 Å². The number of hydrogen-bond acceptors (Lipinski definition) is 5. The number of rotatable bonds is 4. The molecule has 1 spiro atoms. The summed E-state index contributed by atoms with van der Waals surface area (Å²) in [6.07, 6.45) is 7.99. The van der Waals surface area contributed by atoms with Crippen molar-refractivity contribution in [3.05, 3.63) is 48.7 Å². The number of carbonyl (C=O) groups is 1. The second kappa shape index (κ2) is 6.88.